The number of halogens is 1. The number of amides is 1. The molecule has 4 aromatic rings. The van der Waals surface area contributed by atoms with Crippen molar-refractivity contribution in [3.8, 4) is 17.0 Å². The number of nitrogens with zero attached hydrogens (tertiary/aromatic N) is 3. The summed E-state index contributed by atoms with van der Waals surface area (Å²) in [5, 5.41) is 4.89. The van der Waals surface area contributed by atoms with Gasteiger partial charge in [0.2, 0.25) is 11.8 Å². The van der Waals surface area contributed by atoms with Crippen molar-refractivity contribution < 1.29 is 13.9 Å². The van der Waals surface area contributed by atoms with Gasteiger partial charge in [-0.3, -0.25) is 14.2 Å². The summed E-state index contributed by atoms with van der Waals surface area (Å²) in [5.74, 6) is -0.313. The maximum atomic E-state index is 13.2. The molecule has 0 spiro atoms. The van der Waals surface area contributed by atoms with Gasteiger partial charge in [0.1, 0.15) is 17.2 Å². The van der Waals surface area contributed by atoms with Gasteiger partial charge in [-0.25, -0.2) is 14.4 Å². The highest BCUT2D eigenvalue weighted by Crippen LogP contribution is 2.30. The minimum atomic E-state index is -0.390. The van der Waals surface area contributed by atoms with Gasteiger partial charge in [-0.05, 0) is 23.8 Å². The SMILES string of the molecule is COc1ccc(NC(=O)Cn2cnc3scc(-c4ccc(F)cc4)c3c2=O)cn1. The zero-order chi connectivity index (χ0) is 20.4. The van der Waals surface area contributed by atoms with Crippen molar-refractivity contribution in [1.82, 2.24) is 14.5 Å². The van der Waals surface area contributed by atoms with Crippen LogP contribution >= 0.6 is 11.3 Å². The number of aromatic nitrogens is 3. The van der Waals surface area contributed by atoms with E-state index in [0.29, 0.717) is 32.9 Å². The first-order chi connectivity index (χ1) is 14.0. The smallest absolute Gasteiger partial charge is 0.263 e. The first-order valence-electron chi connectivity index (χ1n) is 8.57. The van der Waals surface area contributed by atoms with Crippen molar-refractivity contribution in [2.24, 2.45) is 0 Å². The third-order valence-electron chi connectivity index (χ3n) is 4.26. The lowest BCUT2D eigenvalue weighted by atomic mass is 10.1. The summed E-state index contributed by atoms with van der Waals surface area (Å²) in [6, 6.07) is 9.16. The molecule has 4 rings (SSSR count). The Kier molecular flexibility index (Phi) is 5.05. The number of anilines is 1. The molecule has 0 fully saturated rings. The van der Waals surface area contributed by atoms with Crippen LogP contribution in [0, 0.1) is 5.82 Å². The molecule has 0 unspecified atom stereocenters. The number of thiophene rings is 1. The number of ether oxygens (including phenoxy) is 1. The van der Waals surface area contributed by atoms with E-state index in [2.05, 4.69) is 15.3 Å². The maximum Gasteiger partial charge on any atom is 0.263 e. The lowest BCUT2D eigenvalue weighted by Crippen LogP contribution is -2.27. The first kappa shape index (κ1) is 18.8. The number of carbonyl (C=O) groups is 1. The lowest BCUT2D eigenvalue weighted by Gasteiger charge is -2.08. The average molecular weight is 410 g/mol. The minimum absolute atomic E-state index is 0.202. The van der Waals surface area contributed by atoms with Gasteiger partial charge in [-0.2, -0.15) is 0 Å². The number of nitrogens with one attached hydrogen (secondary N) is 1. The van der Waals surface area contributed by atoms with E-state index in [4.69, 9.17) is 4.74 Å². The van der Waals surface area contributed by atoms with Crippen LogP contribution in [0.4, 0.5) is 10.1 Å². The Morgan fingerprint density at radius 1 is 1.21 bits per heavy atom. The van der Waals surface area contributed by atoms with Crippen LogP contribution in [0.15, 0.2) is 59.1 Å². The third kappa shape index (κ3) is 3.85. The van der Waals surface area contributed by atoms with Gasteiger partial charge in [-0.1, -0.05) is 12.1 Å². The molecule has 29 heavy (non-hydrogen) atoms. The van der Waals surface area contributed by atoms with Crippen molar-refractivity contribution in [2.75, 3.05) is 12.4 Å². The normalized spacial score (nSPS) is 10.8. The van der Waals surface area contributed by atoms with Gasteiger partial charge < -0.3 is 10.1 Å². The number of hydrogen-bond acceptors (Lipinski definition) is 6. The second-order valence-corrected chi connectivity index (χ2v) is 7.01. The van der Waals surface area contributed by atoms with E-state index in [1.165, 1.54) is 47.7 Å². The fraction of sp³-hybridized carbons (Fsp3) is 0.100. The van der Waals surface area contributed by atoms with Crippen LogP contribution in [0.2, 0.25) is 0 Å². The zero-order valence-corrected chi connectivity index (χ0v) is 16.1. The number of pyridine rings is 1. The highest BCUT2D eigenvalue weighted by Gasteiger charge is 2.15. The van der Waals surface area contributed by atoms with Crippen LogP contribution in [-0.2, 0) is 11.3 Å². The predicted molar refractivity (Wildman–Crippen MR) is 109 cm³/mol. The minimum Gasteiger partial charge on any atom is -0.481 e. The molecule has 0 aliphatic carbocycles. The molecule has 0 saturated carbocycles. The van der Waals surface area contributed by atoms with Crippen LogP contribution in [0.25, 0.3) is 21.3 Å². The van der Waals surface area contributed by atoms with Crippen LogP contribution in [-0.4, -0.2) is 27.6 Å². The molecule has 0 aliphatic rings. The molecule has 1 amide bonds. The Labute approximate surface area is 168 Å². The molecule has 3 aromatic heterocycles. The number of fused-ring (bicyclic) bond motifs is 1. The van der Waals surface area contributed by atoms with E-state index in [1.807, 2.05) is 0 Å². The average Bonchev–Trinajstić information content (AvgIpc) is 3.16. The summed E-state index contributed by atoms with van der Waals surface area (Å²) >= 11 is 1.32. The number of carbonyl (C=O) groups excluding carboxylic acids is 1. The Balaban J connectivity index is 1.61. The van der Waals surface area contributed by atoms with E-state index in [-0.39, 0.29) is 17.9 Å². The Bertz CT molecular complexity index is 1230. The predicted octanol–water partition coefficient (Wildman–Crippen LogP) is 3.31. The standard InChI is InChI=1S/C20H15FN4O3S/c1-28-17-7-6-14(8-22-17)24-16(26)9-25-11-23-19-18(20(25)27)15(10-29-19)12-2-4-13(21)5-3-12/h2-8,10-11H,9H2,1H3,(H,24,26). The van der Waals surface area contributed by atoms with E-state index < -0.39 is 5.91 Å². The summed E-state index contributed by atoms with van der Waals surface area (Å²) in [4.78, 5) is 34.2. The van der Waals surface area contributed by atoms with E-state index in [0.717, 1.165) is 0 Å². The Morgan fingerprint density at radius 3 is 2.69 bits per heavy atom. The molecule has 0 bridgehead atoms. The summed E-state index contributed by atoms with van der Waals surface area (Å²) < 4.78 is 19.4. The van der Waals surface area contributed by atoms with Gasteiger partial charge in [0.25, 0.3) is 5.56 Å². The van der Waals surface area contributed by atoms with Crippen molar-refractivity contribution in [3.63, 3.8) is 0 Å². The van der Waals surface area contributed by atoms with Crippen molar-refractivity contribution >= 4 is 33.1 Å². The molecule has 0 aliphatic heterocycles. The topological polar surface area (TPSA) is 86.1 Å². The molecule has 3 heterocycles. The van der Waals surface area contributed by atoms with Crippen LogP contribution < -0.4 is 15.6 Å². The van der Waals surface area contributed by atoms with Crippen molar-refractivity contribution in [1.29, 1.82) is 0 Å². The molecule has 1 aromatic carbocycles. The first-order valence-corrected chi connectivity index (χ1v) is 9.45. The summed E-state index contributed by atoms with van der Waals surface area (Å²) in [6.45, 7) is -0.202. The molecule has 0 radical (unpaired) electrons. The van der Waals surface area contributed by atoms with Gasteiger partial charge in [-0.15, -0.1) is 11.3 Å². The van der Waals surface area contributed by atoms with Crippen molar-refractivity contribution in [3.05, 3.63) is 70.5 Å². The molecule has 146 valence electrons. The second kappa shape index (κ2) is 7.80. The van der Waals surface area contributed by atoms with Gasteiger partial charge in [0, 0.05) is 17.0 Å². The highest BCUT2D eigenvalue weighted by molar-refractivity contribution is 7.17. The molecule has 7 nitrogen and oxygen atoms in total. The number of hydrogen-bond donors (Lipinski definition) is 1. The van der Waals surface area contributed by atoms with Crippen LogP contribution in [0.5, 0.6) is 5.88 Å². The maximum absolute atomic E-state index is 13.2. The van der Waals surface area contributed by atoms with Crippen molar-refractivity contribution in [2.45, 2.75) is 6.54 Å². The summed E-state index contributed by atoms with van der Waals surface area (Å²) in [7, 11) is 1.50. The molecular weight excluding hydrogens is 395 g/mol. The number of rotatable bonds is 5. The Hall–Kier alpha value is -3.59. The summed E-state index contributed by atoms with van der Waals surface area (Å²) in [6.07, 6.45) is 2.81. The van der Waals surface area contributed by atoms with Crippen LogP contribution in [0.3, 0.4) is 0 Å². The van der Waals surface area contributed by atoms with Gasteiger partial charge in [0.15, 0.2) is 0 Å². The fourth-order valence-electron chi connectivity index (χ4n) is 2.85. The third-order valence-corrected chi connectivity index (χ3v) is 5.15. The van der Waals surface area contributed by atoms with E-state index >= 15 is 0 Å². The van der Waals surface area contributed by atoms with Crippen LogP contribution in [0.1, 0.15) is 0 Å². The largest absolute Gasteiger partial charge is 0.481 e. The summed E-state index contributed by atoms with van der Waals surface area (Å²) in [5.41, 5.74) is 1.53. The monoisotopic (exact) mass is 410 g/mol. The quantitative estimate of drug-likeness (QED) is 0.546. The van der Waals surface area contributed by atoms with E-state index in [1.54, 1.807) is 29.6 Å². The number of benzene rings is 1. The zero-order valence-electron chi connectivity index (χ0n) is 15.3. The molecule has 1 N–H and O–H groups in total. The molecule has 9 heteroatoms. The number of methoxy groups -OCH3 is 1. The van der Waals surface area contributed by atoms with E-state index in [9.17, 15) is 14.0 Å². The Morgan fingerprint density at radius 2 is 2.00 bits per heavy atom. The molecule has 0 atom stereocenters. The molecule has 0 saturated heterocycles. The lowest BCUT2D eigenvalue weighted by molar-refractivity contribution is -0.116. The van der Waals surface area contributed by atoms with Gasteiger partial charge in [0.05, 0.1) is 30.7 Å². The molecular formula is C20H15FN4O3S. The second-order valence-electron chi connectivity index (χ2n) is 6.15. The van der Waals surface area contributed by atoms with Gasteiger partial charge >= 0.3 is 0 Å². The highest BCUT2D eigenvalue weighted by atomic mass is 32.1. The fourth-order valence-corrected chi connectivity index (χ4v) is 3.76.